The number of thioether (sulfide) groups is 1. The van der Waals surface area contributed by atoms with E-state index in [1.54, 1.807) is 105 Å². The standard InChI is InChI=1S/C89H125N21O18S/c1-10-12-30-70-83(122)100-62(29-21-33-90)73(112)39-56(79(118)96-45-75(92)114)48-129-49-77(116)99-66(36-53-23-15-14-16-24-53)86(125)107(7)52(5)78(117)102-68(41-74(91)113)88(127)110-34-22-32-71(110)84(123)101-64(40-57-44-93-50-97-57)81(120)103-65(35-51(3)4)85(124)106(6)46-76(115)98-63(37-54-42-94-60-27-19-17-25-58(54)60)80(119)105-69(47-111)82(121)104-67(38-55-43-95-61-28-20-18-26-59(55)61)87(126)109(9)72(31-13-11-2)89(128)108(70)8/h14-20,23-28,42-44,50-52,56,62-72,94-95,111H,10-13,21-22,29-41,45-49,90H2,1-9H3,(H2,91,113)(H2,92,114)(H,93,97)(H,96,118)(H,98,115)(H,99,116)(H,100,122)(H,101,123)(H,102,117)(H,103,120)(H,104,121)(H,105,119)/t52-,56-,62-,63-,64-,65-,66-,67-,68-,69-,70-,71-,72-/m0/s1. The fraction of sp³-hybridized carbons (Fsp3) is 0.528. The van der Waals surface area contributed by atoms with Gasteiger partial charge in [-0.25, -0.2) is 4.98 Å². The van der Waals surface area contributed by atoms with E-state index in [0.29, 0.717) is 69.9 Å². The number of ketones is 1. The van der Waals surface area contributed by atoms with Crippen LogP contribution in [0.5, 0.6) is 0 Å². The number of hydrogen-bond acceptors (Lipinski definition) is 21. The van der Waals surface area contributed by atoms with Crippen LogP contribution in [0.2, 0.25) is 0 Å². The minimum Gasteiger partial charge on any atom is -0.394 e. The molecule has 129 heavy (non-hydrogen) atoms. The van der Waals surface area contributed by atoms with E-state index in [2.05, 4.69) is 67.8 Å². The van der Waals surface area contributed by atoms with Crippen molar-refractivity contribution in [2.75, 3.05) is 72.5 Å². The van der Waals surface area contributed by atoms with Gasteiger partial charge in [-0.2, -0.15) is 11.8 Å². The fourth-order valence-electron chi connectivity index (χ4n) is 15.8. The quantitative estimate of drug-likeness (QED) is 0.0341. The Kier molecular flexibility index (Phi) is 39.2. The second-order valence-corrected chi connectivity index (χ2v) is 34.4. The molecule has 0 spiro atoms. The number of nitrogens with one attached hydrogen (secondary N) is 12. The number of benzene rings is 3. The van der Waals surface area contributed by atoms with Crippen molar-refractivity contribution in [1.29, 1.82) is 0 Å². The van der Waals surface area contributed by atoms with Gasteiger partial charge in [0, 0.05) is 119 Å². The van der Waals surface area contributed by atoms with E-state index in [4.69, 9.17) is 17.2 Å². The highest BCUT2D eigenvalue weighted by Crippen LogP contribution is 2.27. The Bertz CT molecular complexity index is 4910. The Labute approximate surface area is 753 Å². The zero-order valence-electron chi connectivity index (χ0n) is 74.6. The molecule has 13 atom stereocenters. The number of unbranched alkanes of at least 4 members (excludes halogenated alkanes) is 2. The molecule has 8 rings (SSSR count). The molecule has 2 saturated heterocycles. The van der Waals surface area contributed by atoms with Crippen molar-refractivity contribution in [2.24, 2.45) is 29.0 Å². The summed E-state index contributed by atoms with van der Waals surface area (Å²) in [6.45, 7) is 6.13. The Balaban J connectivity index is 1.17. The summed E-state index contributed by atoms with van der Waals surface area (Å²) < 4.78 is 0. The van der Waals surface area contributed by atoms with Crippen LogP contribution in [0.3, 0.4) is 0 Å². The number of rotatable bonds is 25. The molecule has 40 heteroatoms. The molecule has 5 heterocycles. The lowest BCUT2D eigenvalue weighted by atomic mass is 9.95. The first-order chi connectivity index (χ1) is 61.6. The number of imidazole rings is 1. The maximum absolute atomic E-state index is 15.6. The first-order valence-corrected chi connectivity index (χ1v) is 44.8. The second kappa shape index (κ2) is 49.7. The van der Waals surface area contributed by atoms with E-state index in [0.717, 1.165) is 26.5 Å². The number of aromatic amines is 3. The first-order valence-electron chi connectivity index (χ1n) is 43.7. The molecule has 0 bridgehead atoms. The molecule has 39 nitrogen and oxygen atoms in total. The summed E-state index contributed by atoms with van der Waals surface area (Å²) in [4.78, 5) is 267. The van der Waals surface area contributed by atoms with E-state index >= 15 is 24.0 Å². The van der Waals surface area contributed by atoms with E-state index in [1.165, 1.54) is 57.4 Å². The molecule has 2 aliphatic rings. The van der Waals surface area contributed by atoms with Gasteiger partial charge in [-0.1, -0.05) is 120 Å². The summed E-state index contributed by atoms with van der Waals surface area (Å²) in [5.41, 5.74) is 20.5. The van der Waals surface area contributed by atoms with E-state index < -0.39 is 217 Å². The molecular formula is C89H125N21O18S. The number of fused-ring (bicyclic) bond motifs is 3. The largest absolute Gasteiger partial charge is 0.394 e. The van der Waals surface area contributed by atoms with Crippen LogP contribution in [-0.4, -0.2) is 295 Å². The van der Waals surface area contributed by atoms with E-state index in [1.807, 2.05) is 13.8 Å². The van der Waals surface area contributed by atoms with Crippen molar-refractivity contribution < 1.29 is 86.6 Å². The molecule has 3 aromatic heterocycles. The smallest absolute Gasteiger partial charge is 0.246 e. The predicted octanol–water partition coefficient (Wildman–Crippen LogP) is -0.572. The van der Waals surface area contributed by atoms with Gasteiger partial charge in [0.05, 0.1) is 50.2 Å². The summed E-state index contributed by atoms with van der Waals surface area (Å²) in [5.74, 6) is -17.0. The van der Waals surface area contributed by atoms with Crippen LogP contribution < -0.4 is 65.1 Å². The Morgan fingerprint density at radius 1 is 0.550 bits per heavy atom. The molecule has 0 radical (unpaired) electrons. The zero-order valence-corrected chi connectivity index (χ0v) is 75.4. The van der Waals surface area contributed by atoms with Crippen LogP contribution in [0.25, 0.3) is 21.8 Å². The van der Waals surface area contributed by atoms with Crippen molar-refractivity contribution in [1.82, 2.24) is 92.3 Å². The molecule has 3 aromatic carbocycles. The number of nitrogens with zero attached hydrogens (tertiary/aromatic N) is 6. The van der Waals surface area contributed by atoms with Gasteiger partial charge >= 0.3 is 0 Å². The first kappa shape index (κ1) is 102. The molecule has 700 valence electrons. The van der Waals surface area contributed by atoms with Crippen molar-refractivity contribution in [3.05, 3.63) is 126 Å². The number of amides is 16. The number of para-hydroxylation sites is 2. The zero-order chi connectivity index (χ0) is 94.3. The third-order valence-electron chi connectivity index (χ3n) is 23.1. The van der Waals surface area contributed by atoms with E-state index in [-0.39, 0.29) is 95.4 Å². The van der Waals surface area contributed by atoms with E-state index in [9.17, 15) is 62.6 Å². The van der Waals surface area contributed by atoms with Gasteiger partial charge in [-0.05, 0) is 93.2 Å². The molecule has 0 aliphatic carbocycles. The number of aliphatic hydroxyl groups excluding tert-OH is 1. The molecule has 2 fully saturated rings. The van der Waals surface area contributed by atoms with Crippen molar-refractivity contribution in [3.8, 4) is 0 Å². The lowest BCUT2D eigenvalue weighted by molar-refractivity contribution is -0.149. The van der Waals surface area contributed by atoms with Gasteiger partial charge in [0.2, 0.25) is 94.5 Å². The minimum absolute atomic E-state index is 0.0181. The summed E-state index contributed by atoms with van der Waals surface area (Å²) in [6.07, 6.45) is 6.04. The van der Waals surface area contributed by atoms with Crippen LogP contribution in [0.15, 0.2) is 104 Å². The minimum atomic E-state index is -1.83. The van der Waals surface area contributed by atoms with Crippen LogP contribution in [-0.2, 0) is 107 Å². The Hall–Kier alpha value is -12.6. The average molecular weight is 1810 g/mol. The molecule has 16 amide bonds. The lowest BCUT2D eigenvalue weighted by Gasteiger charge is -2.36. The molecule has 0 saturated carbocycles. The summed E-state index contributed by atoms with van der Waals surface area (Å²) in [6, 6.07) is 5.09. The van der Waals surface area contributed by atoms with Crippen molar-refractivity contribution in [2.45, 2.75) is 216 Å². The summed E-state index contributed by atoms with van der Waals surface area (Å²) >= 11 is 0.878. The van der Waals surface area contributed by atoms with Crippen molar-refractivity contribution >= 4 is 134 Å². The monoisotopic (exact) mass is 1810 g/mol. The lowest BCUT2D eigenvalue weighted by Crippen LogP contribution is -2.61. The summed E-state index contributed by atoms with van der Waals surface area (Å²) in [7, 11) is 5.32. The highest BCUT2D eigenvalue weighted by molar-refractivity contribution is 7.99. The average Bonchev–Trinajstić information content (AvgIpc) is 1.74. The van der Waals surface area contributed by atoms with Crippen LogP contribution in [0.1, 0.15) is 140 Å². The number of nitrogens with two attached hydrogens (primary N) is 3. The number of carbonyl (C=O) groups excluding carboxylic acids is 17. The second-order valence-electron chi connectivity index (χ2n) is 33.4. The van der Waals surface area contributed by atoms with Gasteiger partial charge in [-0.15, -0.1) is 0 Å². The third-order valence-corrected chi connectivity index (χ3v) is 24.2. The number of aromatic nitrogens is 4. The number of H-pyrrole nitrogens is 3. The normalized spacial score (nSPS) is 23.9. The number of Topliss-reactive ketones (excluding diaryl/α,β-unsaturated/α-hetero) is 1. The number of hydrogen-bond donors (Lipinski definition) is 16. The third kappa shape index (κ3) is 29.2. The highest BCUT2D eigenvalue weighted by Gasteiger charge is 2.44. The van der Waals surface area contributed by atoms with Gasteiger partial charge in [0.25, 0.3) is 0 Å². The molecule has 19 N–H and O–H groups in total. The topological polar surface area (TPSA) is 573 Å². The van der Waals surface area contributed by atoms with Crippen LogP contribution in [0, 0.1) is 11.8 Å². The van der Waals surface area contributed by atoms with Gasteiger partial charge in [0.15, 0.2) is 5.78 Å². The van der Waals surface area contributed by atoms with Gasteiger partial charge in [-0.3, -0.25) is 81.5 Å². The van der Waals surface area contributed by atoms with Crippen LogP contribution >= 0.6 is 11.8 Å². The predicted molar refractivity (Wildman–Crippen MR) is 480 cm³/mol. The SMILES string of the molecule is CCCC[C@H]1C(=O)N(C)[C@@H](CCCC)C(=O)N[C@@H](CCCN)C(=O)C[C@H](C(=O)NCC(N)=O)CSCC(=O)N[C@@H](Cc2ccccc2)C(=O)N(C)[C@@H](C)C(=O)N[C@@H](CC(N)=O)C(=O)N2CCC[C@H]2C(=O)N[C@@H](Cc2cnc[nH]2)C(=O)N[C@@H](CC(C)C)C(=O)N(C)CC(=O)N[C@@H](Cc2c[nH]c3ccccc23)C(=O)N[C@@H](CO)C(=O)N[C@@H](Cc2c[nH]c3ccccc23)C(=O)N1C. The number of primary amides is 2. The number of likely N-dealkylation sites (N-methyl/N-ethyl adjacent to an activating group) is 4. The number of aliphatic hydroxyl groups is 1. The van der Waals surface area contributed by atoms with Gasteiger partial charge < -0.3 is 110 Å². The van der Waals surface area contributed by atoms with Crippen LogP contribution in [0.4, 0.5) is 0 Å². The number of carbonyl (C=O) groups is 17. The highest BCUT2D eigenvalue weighted by atomic mass is 32.2. The molecule has 6 aromatic rings. The Morgan fingerprint density at radius 3 is 1.69 bits per heavy atom. The molecular weight excluding hydrogens is 1680 g/mol. The van der Waals surface area contributed by atoms with Gasteiger partial charge in [0.1, 0.15) is 66.5 Å². The fourth-order valence-corrected chi connectivity index (χ4v) is 16.8. The molecule has 0 unspecified atom stereocenters. The maximum Gasteiger partial charge on any atom is 0.246 e. The van der Waals surface area contributed by atoms with Crippen molar-refractivity contribution in [3.63, 3.8) is 0 Å². The molecule has 2 aliphatic heterocycles. The Morgan fingerprint density at radius 2 is 1.09 bits per heavy atom. The maximum atomic E-state index is 15.6. The summed E-state index contributed by atoms with van der Waals surface area (Å²) in [5, 5.41) is 36.5.